The highest BCUT2D eigenvalue weighted by Crippen LogP contribution is 2.69. The van der Waals surface area contributed by atoms with Gasteiger partial charge in [0.05, 0.1) is 5.41 Å². The maximum Gasteiger partial charge on any atom is 0.232 e. The summed E-state index contributed by atoms with van der Waals surface area (Å²) in [7, 11) is 0. The summed E-state index contributed by atoms with van der Waals surface area (Å²) < 4.78 is 0. The molecule has 1 amide bonds. The number of aryl methyl sites for hydroxylation is 1. The number of rotatable bonds is 2. The summed E-state index contributed by atoms with van der Waals surface area (Å²) in [5, 5.41) is 6.64. The van der Waals surface area contributed by atoms with Gasteiger partial charge in [-0.3, -0.25) is 4.79 Å². The molecule has 4 fully saturated rings. The number of benzene rings is 1. The number of para-hydroxylation sites is 1. The van der Waals surface area contributed by atoms with Crippen LogP contribution in [0.3, 0.4) is 0 Å². The van der Waals surface area contributed by atoms with Crippen LogP contribution in [0.15, 0.2) is 24.3 Å². The van der Waals surface area contributed by atoms with Gasteiger partial charge >= 0.3 is 0 Å². The van der Waals surface area contributed by atoms with E-state index in [9.17, 15) is 4.79 Å². The zero-order valence-electron chi connectivity index (χ0n) is 15.4. The molecule has 4 aliphatic rings. The van der Waals surface area contributed by atoms with Crippen LogP contribution >= 0.6 is 12.2 Å². The van der Waals surface area contributed by atoms with E-state index >= 15 is 0 Å². The zero-order chi connectivity index (χ0) is 17.9. The van der Waals surface area contributed by atoms with Gasteiger partial charge in [0.25, 0.3) is 0 Å². The Morgan fingerprint density at radius 1 is 1.08 bits per heavy atom. The Hall–Kier alpha value is -1.42. The first-order chi connectivity index (χ1) is 11.7. The number of amides is 1. The van der Waals surface area contributed by atoms with E-state index in [2.05, 4.69) is 24.5 Å². The Morgan fingerprint density at radius 3 is 2.32 bits per heavy atom. The van der Waals surface area contributed by atoms with Gasteiger partial charge in [-0.05, 0) is 86.0 Å². The molecule has 4 saturated carbocycles. The average molecular weight is 357 g/mol. The second-order valence-corrected chi connectivity index (χ2v) is 10.0. The summed E-state index contributed by atoms with van der Waals surface area (Å²) in [6.45, 7) is 6.82. The Labute approximate surface area is 156 Å². The highest BCUT2D eigenvalue weighted by Gasteiger charge is 2.62. The highest BCUT2D eigenvalue weighted by atomic mass is 32.1. The van der Waals surface area contributed by atoms with Crippen LogP contribution in [-0.4, -0.2) is 11.0 Å². The predicted molar refractivity (Wildman–Crippen MR) is 105 cm³/mol. The van der Waals surface area contributed by atoms with Gasteiger partial charge in [-0.2, -0.15) is 0 Å². The van der Waals surface area contributed by atoms with E-state index in [0.717, 1.165) is 30.5 Å². The SMILES string of the molecule is Cc1ccccc1NC(=S)NC(=O)C12CC3CC(C)(CC(C)(C3)C1)C2. The molecule has 1 aromatic rings. The minimum absolute atomic E-state index is 0.139. The molecular weight excluding hydrogens is 328 g/mol. The first kappa shape index (κ1) is 17.0. The Kier molecular flexibility index (Phi) is 3.77. The molecule has 4 bridgehead atoms. The lowest BCUT2D eigenvalue weighted by molar-refractivity contribution is -0.168. The molecule has 0 aliphatic heterocycles. The smallest absolute Gasteiger partial charge is 0.232 e. The Bertz CT molecular complexity index is 725. The van der Waals surface area contributed by atoms with E-state index in [1.165, 1.54) is 19.3 Å². The van der Waals surface area contributed by atoms with E-state index in [0.29, 0.717) is 21.9 Å². The first-order valence-corrected chi connectivity index (χ1v) is 9.80. The van der Waals surface area contributed by atoms with Crippen molar-refractivity contribution in [3.8, 4) is 0 Å². The Morgan fingerprint density at radius 2 is 1.72 bits per heavy atom. The number of carbonyl (C=O) groups excluding carboxylic acids is 1. The van der Waals surface area contributed by atoms with E-state index in [1.54, 1.807) is 0 Å². The molecule has 25 heavy (non-hydrogen) atoms. The molecule has 3 nitrogen and oxygen atoms in total. The molecule has 4 heteroatoms. The van der Waals surface area contributed by atoms with Crippen molar-refractivity contribution in [2.45, 2.75) is 59.3 Å². The summed E-state index contributed by atoms with van der Waals surface area (Å²) in [6, 6.07) is 7.99. The van der Waals surface area contributed by atoms with Gasteiger partial charge in [-0.15, -0.1) is 0 Å². The van der Waals surface area contributed by atoms with Crippen molar-refractivity contribution in [3.05, 3.63) is 29.8 Å². The average Bonchev–Trinajstić information content (AvgIpc) is 2.45. The predicted octanol–water partition coefficient (Wildman–Crippen LogP) is 4.80. The molecule has 0 saturated heterocycles. The topological polar surface area (TPSA) is 41.1 Å². The minimum atomic E-state index is -0.222. The summed E-state index contributed by atoms with van der Waals surface area (Å²) in [5.74, 6) is 0.843. The van der Waals surface area contributed by atoms with Gasteiger partial charge in [0.2, 0.25) is 5.91 Å². The summed E-state index contributed by atoms with van der Waals surface area (Å²) in [6.07, 6.45) is 6.94. The lowest BCUT2D eigenvalue weighted by Gasteiger charge is -2.64. The zero-order valence-corrected chi connectivity index (χ0v) is 16.3. The van der Waals surface area contributed by atoms with Gasteiger partial charge in [-0.1, -0.05) is 32.0 Å². The molecule has 0 aromatic heterocycles. The van der Waals surface area contributed by atoms with Gasteiger partial charge in [0.1, 0.15) is 0 Å². The van der Waals surface area contributed by atoms with Crippen LogP contribution in [0, 0.1) is 29.1 Å². The number of anilines is 1. The molecule has 0 heterocycles. The standard InChI is InChI=1S/C21H28N2OS/c1-14-6-4-5-7-16(14)22-18(25)23-17(24)21-10-15-8-19(2,12-21)11-20(3,9-15)13-21/h4-7,15H,8-13H2,1-3H3,(H2,22,23,24,25). The molecule has 2 atom stereocenters. The van der Waals surface area contributed by atoms with Crippen LogP contribution in [0.2, 0.25) is 0 Å². The van der Waals surface area contributed by atoms with Gasteiger partial charge in [-0.25, -0.2) is 0 Å². The van der Waals surface area contributed by atoms with E-state index < -0.39 is 0 Å². The third kappa shape index (κ3) is 2.99. The van der Waals surface area contributed by atoms with E-state index in [-0.39, 0.29) is 11.3 Å². The van der Waals surface area contributed by atoms with Crippen LogP contribution in [0.5, 0.6) is 0 Å². The van der Waals surface area contributed by atoms with Crippen molar-refractivity contribution in [2.75, 3.05) is 5.32 Å². The molecule has 0 spiro atoms. The second-order valence-electron chi connectivity index (χ2n) is 9.63. The largest absolute Gasteiger partial charge is 0.332 e. The third-order valence-electron chi connectivity index (χ3n) is 6.73. The van der Waals surface area contributed by atoms with Crippen LogP contribution < -0.4 is 10.6 Å². The second kappa shape index (κ2) is 5.54. The number of carbonyl (C=O) groups is 1. The summed E-state index contributed by atoms with van der Waals surface area (Å²) in [4.78, 5) is 13.2. The van der Waals surface area contributed by atoms with Crippen molar-refractivity contribution in [1.82, 2.24) is 5.32 Å². The van der Waals surface area contributed by atoms with Crippen molar-refractivity contribution in [1.29, 1.82) is 0 Å². The Balaban J connectivity index is 1.50. The molecule has 134 valence electrons. The minimum Gasteiger partial charge on any atom is -0.332 e. The number of nitrogens with one attached hydrogen (secondary N) is 2. The van der Waals surface area contributed by atoms with Crippen LogP contribution in [0.25, 0.3) is 0 Å². The van der Waals surface area contributed by atoms with Crippen LogP contribution in [0.4, 0.5) is 5.69 Å². The van der Waals surface area contributed by atoms with Gasteiger partial charge in [0, 0.05) is 5.69 Å². The normalized spacial score (nSPS) is 38.4. The van der Waals surface area contributed by atoms with E-state index in [1.807, 2.05) is 31.2 Å². The lowest BCUT2D eigenvalue weighted by Crippen LogP contribution is -2.60. The molecule has 2 N–H and O–H groups in total. The summed E-state index contributed by atoms with van der Waals surface area (Å²) in [5.41, 5.74) is 2.51. The van der Waals surface area contributed by atoms with E-state index in [4.69, 9.17) is 12.2 Å². The van der Waals surface area contributed by atoms with Crippen molar-refractivity contribution in [2.24, 2.45) is 22.2 Å². The number of hydrogen-bond acceptors (Lipinski definition) is 2. The monoisotopic (exact) mass is 356 g/mol. The molecule has 5 rings (SSSR count). The highest BCUT2D eigenvalue weighted by molar-refractivity contribution is 7.80. The molecule has 1 aromatic carbocycles. The molecule has 0 radical (unpaired) electrons. The fraction of sp³-hybridized carbons (Fsp3) is 0.619. The lowest BCUT2D eigenvalue weighted by atomic mass is 9.40. The third-order valence-corrected chi connectivity index (χ3v) is 6.93. The number of hydrogen-bond donors (Lipinski definition) is 2. The van der Waals surface area contributed by atoms with Crippen molar-refractivity contribution < 1.29 is 4.79 Å². The van der Waals surface area contributed by atoms with Gasteiger partial charge < -0.3 is 10.6 Å². The molecule has 4 aliphatic carbocycles. The van der Waals surface area contributed by atoms with Crippen LogP contribution in [0.1, 0.15) is 57.9 Å². The first-order valence-electron chi connectivity index (χ1n) is 9.39. The maximum atomic E-state index is 13.2. The van der Waals surface area contributed by atoms with Crippen molar-refractivity contribution >= 4 is 28.9 Å². The fourth-order valence-electron chi connectivity index (χ4n) is 6.80. The number of thiocarbonyl (C=S) groups is 1. The van der Waals surface area contributed by atoms with Crippen LogP contribution in [-0.2, 0) is 4.79 Å². The fourth-order valence-corrected chi connectivity index (χ4v) is 7.01. The molecular formula is C21H28N2OS. The summed E-state index contributed by atoms with van der Waals surface area (Å²) >= 11 is 5.44. The quantitative estimate of drug-likeness (QED) is 0.748. The molecule has 2 unspecified atom stereocenters. The maximum absolute atomic E-state index is 13.2. The van der Waals surface area contributed by atoms with Crippen molar-refractivity contribution in [3.63, 3.8) is 0 Å². The van der Waals surface area contributed by atoms with Gasteiger partial charge in [0.15, 0.2) is 5.11 Å².